The molecule has 0 fully saturated rings. The first-order valence-electron chi connectivity index (χ1n) is 7.39. The molecule has 8 heteroatoms. The van der Waals surface area contributed by atoms with Crippen molar-refractivity contribution in [1.82, 2.24) is 4.72 Å². The molecule has 2 aromatic carbocycles. The zero-order valence-corrected chi connectivity index (χ0v) is 15.8. The standard InChI is InChI=1S/C17H17Cl2NO4S/c1-25(22,23)20-9-8-12-2-4-13(5-3-12)16(21)11-24-17-10-14(18)6-7-15(17)19/h2-7,10,20H,8-9,11H2,1H3. The molecule has 0 saturated carbocycles. The van der Waals surface area contributed by atoms with Gasteiger partial charge < -0.3 is 4.74 Å². The van der Waals surface area contributed by atoms with Gasteiger partial charge in [-0.25, -0.2) is 13.1 Å². The molecular weight excluding hydrogens is 385 g/mol. The second kappa shape index (κ2) is 8.67. The van der Waals surface area contributed by atoms with E-state index in [0.29, 0.717) is 34.3 Å². The highest BCUT2D eigenvalue weighted by Crippen LogP contribution is 2.27. The molecule has 0 bridgehead atoms. The number of hydrogen-bond acceptors (Lipinski definition) is 4. The van der Waals surface area contributed by atoms with Crippen LogP contribution >= 0.6 is 23.2 Å². The molecule has 2 rings (SSSR count). The van der Waals surface area contributed by atoms with Crippen LogP contribution in [-0.4, -0.2) is 33.6 Å². The summed E-state index contributed by atoms with van der Waals surface area (Å²) in [6.07, 6.45) is 1.65. The van der Waals surface area contributed by atoms with E-state index in [4.69, 9.17) is 27.9 Å². The molecule has 0 amide bonds. The number of carbonyl (C=O) groups excluding carboxylic acids is 1. The lowest BCUT2D eigenvalue weighted by atomic mass is 10.1. The fraction of sp³-hybridized carbons (Fsp3) is 0.235. The summed E-state index contributed by atoms with van der Waals surface area (Å²) in [6.45, 7) is 0.150. The SMILES string of the molecule is CS(=O)(=O)NCCc1ccc(C(=O)COc2cc(Cl)ccc2Cl)cc1. The van der Waals surface area contributed by atoms with E-state index >= 15 is 0 Å². The molecule has 2 aromatic rings. The maximum atomic E-state index is 12.2. The lowest BCUT2D eigenvalue weighted by molar-refractivity contribution is 0.0921. The molecule has 0 atom stereocenters. The van der Waals surface area contributed by atoms with E-state index in [9.17, 15) is 13.2 Å². The summed E-state index contributed by atoms with van der Waals surface area (Å²) < 4.78 is 29.9. The first-order valence-corrected chi connectivity index (χ1v) is 10.0. The van der Waals surface area contributed by atoms with Crippen LogP contribution in [-0.2, 0) is 16.4 Å². The third kappa shape index (κ3) is 6.66. The highest BCUT2D eigenvalue weighted by atomic mass is 35.5. The largest absolute Gasteiger partial charge is 0.484 e. The minimum atomic E-state index is -3.20. The van der Waals surface area contributed by atoms with E-state index in [0.717, 1.165) is 11.8 Å². The van der Waals surface area contributed by atoms with Crippen molar-refractivity contribution in [1.29, 1.82) is 0 Å². The van der Waals surface area contributed by atoms with Crippen LogP contribution in [0.1, 0.15) is 15.9 Å². The van der Waals surface area contributed by atoms with Crippen molar-refractivity contribution in [3.63, 3.8) is 0 Å². The van der Waals surface area contributed by atoms with Crippen LogP contribution in [0.3, 0.4) is 0 Å². The Kier molecular flexibility index (Phi) is 6.84. The zero-order valence-electron chi connectivity index (χ0n) is 13.5. The van der Waals surface area contributed by atoms with Gasteiger partial charge in [-0.05, 0) is 24.1 Å². The third-order valence-corrected chi connectivity index (χ3v) is 4.58. The number of hydrogen-bond donors (Lipinski definition) is 1. The first kappa shape index (κ1) is 19.7. The van der Waals surface area contributed by atoms with Gasteiger partial charge in [-0.3, -0.25) is 4.79 Å². The summed E-state index contributed by atoms with van der Waals surface area (Å²) in [6, 6.07) is 11.7. The molecule has 5 nitrogen and oxygen atoms in total. The highest BCUT2D eigenvalue weighted by Gasteiger charge is 2.09. The Morgan fingerprint density at radius 1 is 1.12 bits per heavy atom. The normalized spacial score (nSPS) is 11.3. The molecule has 25 heavy (non-hydrogen) atoms. The van der Waals surface area contributed by atoms with Crippen molar-refractivity contribution in [2.75, 3.05) is 19.4 Å². The molecule has 0 saturated heterocycles. The number of rotatable bonds is 8. The molecule has 0 aliphatic rings. The van der Waals surface area contributed by atoms with E-state index in [-0.39, 0.29) is 12.4 Å². The highest BCUT2D eigenvalue weighted by molar-refractivity contribution is 7.88. The van der Waals surface area contributed by atoms with E-state index in [2.05, 4.69) is 4.72 Å². The van der Waals surface area contributed by atoms with Crippen LogP contribution in [0.25, 0.3) is 0 Å². The van der Waals surface area contributed by atoms with Gasteiger partial charge in [0.25, 0.3) is 0 Å². The van der Waals surface area contributed by atoms with Crippen molar-refractivity contribution in [2.24, 2.45) is 0 Å². The lowest BCUT2D eigenvalue weighted by Gasteiger charge is -2.08. The molecular formula is C17H17Cl2NO4S. The Hall–Kier alpha value is -1.60. The molecule has 0 spiro atoms. The number of ketones is 1. The Labute approximate surface area is 157 Å². The number of nitrogens with one attached hydrogen (secondary N) is 1. The average molecular weight is 402 g/mol. The van der Waals surface area contributed by atoms with Gasteiger partial charge in [0.2, 0.25) is 10.0 Å². The summed E-state index contributed by atoms with van der Waals surface area (Å²) in [4.78, 5) is 12.2. The summed E-state index contributed by atoms with van der Waals surface area (Å²) in [5.74, 6) is 0.155. The Balaban J connectivity index is 1.90. The molecule has 0 aliphatic heterocycles. The second-order valence-corrected chi connectivity index (χ2v) is 8.08. The lowest BCUT2D eigenvalue weighted by Crippen LogP contribution is -2.24. The first-order chi connectivity index (χ1) is 11.7. The summed E-state index contributed by atoms with van der Waals surface area (Å²) >= 11 is 11.9. The monoisotopic (exact) mass is 401 g/mol. The minimum absolute atomic E-state index is 0.158. The van der Waals surface area contributed by atoms with Gasteiger partial charge in [-0.1, -0.05) is 47.5 Å². The van der Waals surface area contributed by atoms with Crippen molar-refractivity contribution >= 4 is 39.0 Å². The van der Waals surface area contributed by atoms with Crippen LogP contribution in [0.5, 0.6) is 5.75 Å². The number of Topliss-reactive ketones (excluding diaryl/α,β-unsaturated/α-hetero) is 1. The van der Waals surface area contributed by atoms with Gasteiger partial charge >= 0.3 is 0 Å². The molecule has 1 N–H and O–H groups in total. The number of halogens is 2. The average Bonchev–Trinajstić information content (AvgIpc) is 2.55. The van der Waals surface area contributed by atoms with Crippen LogP contribution in [0.2, 0.25) is 10.0 Å². The second-order valence-electron chi connectivity index (χ2n) is 5.40. The van der Waals surface area contributed by atoms with Crippen molar-refractivity contribution in [3.8, 4) is 5.75 Å². The van der Waals surface area contributed by atoms with Gasteiger partial charge in [0.1, 0.15) is 5.75 Å². The number of carbonyl (C=O) groups is 1. The molecule has 0 unspecified atom stereocenters. The Bertz CT molecular complexity index is 851. The third-order valence-electron chi connectivity index (χ3n) is 3.31. The quantitative estimate of drug-likeness (QED) is 0.688. The van der Waals surface area contributed by atoms with Gasteiger partial charge in [0, 0.05) is 23.2 Å². The van der Waals surface area contributed by atoms with Gasteiger partial charge in [0.05, 0.1) is 11.3 Å². The van der Waals surface area contributed by atoms with Gasteiger partial charge in [0.15, 0.2) is 12.4 Å². The maximum Gasteiger partial charge on any atom is 0.208 e. The Morgan fingerprint density at radius 3 is 2.44 bits per heavy atom. The Morgan fingerprint density at radius 2 is 1.80 bits per heavy atom. The van der Waals surface area contributed by atoms with E-state index in [1.807, 2.05) is 0 Å². The smallest absolute Gasteiger partial charge is 0.208 e. The fourth-order valence-electron chi connectivity index (χ4n) is 2.05. The van der Waals surface area contributed by atoms with E-state index in [1.165, 1.54) is 0 Å². The van der Waals surface area contributed by atoms with E-state index < -0.39 is 10.0 Å². The number of sulfonamides is 1. The van der Waals surface area contributed by atoms with Crippen LogP contribution in [0.15, 0.2) is 42.5 Å². The molecule has 0 aliphatic carbocycles. The van der Waals surface area contributed by atoms with E-state index in [1.54, 1.807) is 42.5 Å². The molecule has 0 aromatic heterocycles. The topological polar surface area (TPSA) is 72.5 Å². The van der Waals surface area contributed by atoms with Crippen molar-refractivity contribution in [2.45, 2.75) is 6.42 Å². The number of ether oxygens (including phenoxy) is 1. The summed E-state index contributed by atoms with van der Waals surface area (Å²) in [5.41, 5.74) is 1.42. The predicted molar refractivity (Wildman–Crippen MR) is 99.3 cm³/mol. The molecule has 0 radical (unpaired) electrons. The number of benzene rings is 2. The minimum Gasteiger partial charge on any atom is -0.484 e. The van der Waals surface area contributed by atoms with Gasteiger partial charge in [-0.2, -0.15) is 0 Å². The molecule has 0 heterocycles. The predicted octanol–water partition coefficient (Wildman–Crippen LogP) is 3.35. The van der Waals surface area contributed by atoms with Crippen LogP contribution in [0, 0.1) is 0 Å². The van der Waals surface area contributed by atoms with Crippen LogP contribution in [0.4, 0.5) is 0 Å². The fourth-order valence-corrected chi connectivity index (χ4v) is 2.86. The molecule has 134 valence electrons. The van der Waals surface area contributed by atoms with Crippen molar-refractivity contribution < 1.29 is 17.9 Å². The summed E-state index contributed by atoms with van der Waals surface area (Å²) in [5, 5.41) is 0.852. The maximum absolute atomic E-state index is 12.2. The zero-order chi connectivity index (χ0) is 18.4. The van der Waals surface area contributed by atoms with Gasteiger partial charge in [-0.15, -0.1) is 0 Å². The summed E-state index contributed by atoms with van der Waals surface area (Å²) in [7, 11) is -3.20. The van der Waals surface area contributed by atoms with Crippen molar-refractivity contribution in [3.05, 3.63) is 63.6 Å². The van der Waals surface area contributed by atoms with Crippen LogP contribution < -0.4 is 9.46 Å².